The van der Waals surface area contributed by atoms with Crippen molar-refractivity contribution in [3.8, 4) is 0 Å². The van der Waals surface area contributed by atoms with Gasteiger partial charge in [-0.2, -0.15) is 5.10 Å². The predicted molar refractivity (Wildman–Crippen MR) is 83.9 cm³/mol. The van der Waals surface area contributed by atoms with E-state index in [-0.39, 0.29) is 0 Å². The normalized spacial score (nSPS) is 12.6. The molecule has 1 aromatic carbocycles. The Labute approximate surface area is 122 Å². The zero-order chi connectivity index (χ0) is 14.5. The van der Waals surface area contributed by atoms with E-state index >= 15 is 0 Å². The molecule has 0 aliphatic carbocycles. The fourth-order valence-corrected chi connectivity index (χ4v) is 2.82. The largest absolute Gasteiger partial charge is 0.309 e. The Bertz CT molecular complexity index is 543. The Balaban J connectivity index is 2.25. The van der Waals surface area contributed by atoms with Crippen molar-refractivity contribution in [3.63, 3.8) is 0 Å². The van der Waals surface area contributed by atoms with Gasteiger partial charge in [0.2, 0.25) is 0 Å². The Hall–Kier alpha value is -1.61. The molecule has 0 radical (unpaired) electrons. The predicted octanol–water partition coefficient (Wildman–Crippen LogP) is 3.41. The van der Waals surface area contributed by atoms with Gasteiger partial charge in [-0.15, -0.1) is 0 Å². The fraction of sp³-hybridized carbons (Fsp3) is 0.471. The van der Waals surface area contributed by atoms with Crippen LogP contribution in [0.4, 0.5) is 0 Å². The van der Waals surface area contributed by atoms with E-state index in [1.54, 1.807) is 0 Å². The maximum Gasteiger partial charge on any atom is 0.0628 e. The first-order chi connectivity index (χ1) is 9.67. The van der Waals surface area contributed by atoms with Crippen LogP contribution in [0, 0.1) is 13.8 Å². The molecular weight excluding hydrogens is 246 g/mol. The zero-order valence-electron chi connectivity index (χ0n) is 13.0. The van der Waals surface area contributed by atoms with E-state index in [0.29, 0.717) is 6.04 Å². The lowest BCUT2D eigenvalue weighted by Gasteiger charge is -2.19. The standard InChI is InChI=1S/C17H25N3/c1-5-16-13(3)19-20(14(16)4)12-17(18-6-2)15-10-8-7-9-11-15/h7-11,17-18H,5-6,12H2,1-4H3. The summed E-state index contributed by atoms with van der Waals surface area (Å²) in [6.45, 7) is 10.5. The van der Waals surface area contributed by atoms with Gasteiger partial charge in [0.1, 0.15) is 0 Å². The molecule has 0 saturated carbocycles. The number of nitrogens with one attached hydrogen (secondary N) is 1. The van der Waals surface area contributed by atoms with Crippen molar-refractivity contribution in [1.29, 1.82) is 0 Å². The third-order valence-electron chi connectivity index (χ3n) is 3.89. The van der Waals surface area contributed by atoms with Crippen LogP contribution in [0.25, 0.3) is 0 Å². The Morgan fingerprint density at radius 1 is 1.15 bits per heavy atom. The molecule has 1 N–H and O–H groups in total. The molecule has 1 aromatic heterocycles. The van der Waals surface area contributed by atoms with Crippen LogP contribution in [0.2, 0.25) is 0 Å². The molecule has 0 aliphatic rings. The number of likely N-dealkylation sites (N-methyl/N-ethyl adjacent to an activating group) is 1. The van der Waals surface area contributed by atoms with Crippen molar-refractivity contribution >= 4 is 0 Å². The topological polar surface area (TPSA) is 29.9 Å². The van der Waals surface area contributed by atoms with Gasteiger partial charge in [-0.05, 0) is 37.9 Å². The van der Waals surface area contributed by atoms with Gasteiger partial charge in [0.25, 0.3) is 0 Å². The van der Waals surface area contributed by atoms with Crippen LogP contribution in [0.1, 0.15) is 42.4 Å². The van der Waals surface area contributed by atoms with E-state index in [1.807, 2.05) is 0 Å². The molecular formula is C17H25N3. The number of benzene rings is 1. The fourth-order valence-electron chi connectivity index (χ4n) is 2.82. The van der Waals surface area contributed by atoms with Gasteiger partial charge in [-0.3, -0.25) is 4.68 Å². The molecule has 2 rings (SSSR count). The smallest absolute Gasteiger partial charge is 0.0628 e. The lowest BCUT2D eigenvalue weighted by molar-refractivity contribution is 0.441. The van der Waals surface area contributed by atoms with Crippen molar-refractivity contribution in [2.75, 3.05) is 6.54 Å². The molecule has 0 fully saturated rings. The van der Waals surface area contributed by atoms with E-state index in [4.69, 9.17) is 5.10 Å². The highest BCUT2D eigenvalue weighted by Crippen LogP contribution is 2.19. The van der Waals surface area contributed by atoms with Crippen LogP contribution >= 0.6 is 0 Å². The van der Waals surface area contributed by atoms with Gasteiger partial charge in [0, 0.05) is 5.69 Å². The summed E-state index contributed by atoms with van der Waals surface area (Å²) in [4.78, 5) is 0. The average Bonchev–Trinajstić information content (AvgIpc) is 2.73. The summed E-state index contributed by atoms with van der Waals surface area (Å²) in [5, 5.41) is 8.27. The molecule has 0 bridgehead atoms. The van der Waals surface area contributed by atoms with Gasteiger partial charge in [-0.1, -0.05) is 44.2 Å². The van der Waals surface area contributed by atoms with E-state index < -0.39 is 0 Å². The van der Waals surface area contributed by atoms with Crippen molar-refractivity contribution < 1.29 is 0 Å². The summed E-state index contributed by atoms with van der Waals surface area (Å²) in [5.41, 5.74) is 5.16. The third kappa shape index (κ3) is 3.10. The van der Waals surface area contributed by atoms with Crippen LogP contribution in [-0.2, 0) is 13.0 Å². The van der Waals surface area contributed by atoms with Crippen molar-refractivity contribution in [3.05, 3.63) is 52.8 Å². The molecule has 1 heterocycles. The number of rotatable bonds is 6. The van der Waals surface area contributed by atoms with Gasteiger partial charge in [0.05, 0.1) is 18.3 Å². The Morgan fingerprint density at radius 2 is 1.85 bits per heavy atom. The number of hydrogen-bond acceptors (Lipinski definition) is 2. The molecule has 0 amide bonds. The highest BCUT2D eigenvalue weighted by molar-refractivity contribution is 5.25. The van der Waals surface area contributed by atoms with Crippen LogP contribution in [-0.4, -0.2) is 16.3 Å². The van der Waals surface area contributed by atoms with Crippen molar-refractivity contribution in [2.24, 2.45) is 0 Å². The summed E-state index contributed by atoms with van der Waals surface area (Å²) < 4.78 is 2.15. The van der Waals surface area contributed by atoms with Gasteiger partial charge in [-0.25, -0.2) is 0 Å². The summed E-state index contributed by atoms with van der Waals surface area (Å²) in [5.74, 6) is 0. The average molecular weight is 271 g/mol. The maximum atomic E-state index is 4.71. The van der Waals surface area contributed by atoms with Crippen molar-refractivity contribution in [1.82, 2.24) is 15.1 Å². The first-order valence-electron chi connectivity index (χ1n) is 7.48. The van der Waals surface area contributed by atoms with Crippen LogP contribution < -0.4 is 5.32 Å². The molecule has 3 heteroatoms. The molecule has 108 valence electrons. The van der Waals surface area contributed by atoms with E-state index in [1.165, 1.54) is 16.8 Å². The minimum absolute atomic E-state index is 0.309. The molecule has 20 heavy (non-hydrogen) atoms. The lowest BCUT2D eigenvalue weighted by Crippen LogP contribution is -2.26. The summed E-state index contributed by atoms with van der Waals surface area (Å²) >= 11 is 0. The quantitative estimate of drug-likeness (QED) is 0.872. The van der Waals surface area contributed by atoms with Gasteiger partial charge >= 0.3 is 0 Å². The second kappa shape index (κ2) is 6.71. The summed E-state index contributed by atoms with van der Waals surface area (Å²) in [6, 6.07) is 10.9. The van der Waals surface area contributed by atoms with E-state index in [9.17, 15) is 0 Å². The highest BCUT2D eigenvalue weighted by atomic mass is 15.3. The number of aryl methyl sites for hydroxylation is 1. The number of nitrogens with zero attached hydrogens (tertiary/aromatic N) is 2. The summed E-state index contributed by atoms with van der Waals surface area (Å²) in [7, 11) is 0. The Kier molecular flexibility index (Phi) is 4.96. The minimum atomic E-state index is 0.309. The summed E-state index contributed by atoms with van der Waals surface area (Å²) in [6.07, 6.45) is 1.05. The second-order valence-corrected chi connectivity index (χ2v) is 5.21. The second-order valence-electron chi connectivity index (χ2n) is 5.21. The molecule has 3 nitrogen and oxygen atoms in total. The van der Waals surface area contributed by atoms with Crippen LogP contribution in [0.5, 0.6) is 0 Å². The van der Waals surface area contributed by atoms with Gasteiger partial charge < -0.3 is 5.32 Å². The SMILES string of the molecule is CCNC(Cn1nc(C)c(CC)c1C)c1ccccc1. The van der Waals surface area contributed by atoms with Gasteiger partial charge in [0.15, 0.2) is 0 Å². The zero-order valence-corrected chi connectivity index (χ0v) is 13.0. The van der Waals surface area contributed by atoms with Crippen LogP contribution in [0.15, 0.2) is 30.3 Å². The molecule has 1 atom stereocenters. The molecule has 2 aromatic rings. The third-order valence-corrected chi connectivity index (χ3v) is 3.89. The monoisotopic (exact) mass is 271 g/mol. The number of aromatic nitrogens is 2. The molecule has 0 spiro atoms. The first-order valence-corrected chi connectivity index (χ1v) is 7.48. The highest BCUT2D eigenvalue weighted by Gasteiger charge is 2.15. The lowest BCUT2D eigenvalue weighted by atomic mass is 10.1. The number of hydrogen-bond donors (Lipinski definition) is 1. The molecule has 0 saturated heterocycles. The molecule has 1 unspecified atom stereocenters. The first kappa shape index (κ1) is 14.8. The minimum Gasteiger partial charge on any atom is -0.309 e. The Morgan fingerprint density at radius 3 is 2.40 bits per heavy atom. The maximum absolute atomic E-state index is 4.71. The van der Waals surface area contributed by atoms with E-state index in [2.05, 4.69) is 68.0 Å². The van der Waals surface area contributed by atoms with Crippen LogP contribution in [0.3, 0.4) is 0 Å². The van der Waals surface area contributed by atoms with E-state index in [0.717, 1.165) is 25.2 Å². The molecule has 0 aliphatic heterocycles. The van der Waals surface area contributed by atoms with Crippen molar-refractivity contribution in [2.45, 2.75) is 46.7 Å².